The zero-order chi connectivity index (χ0) is 35.9. The summed E-state index contributed by atoms with van der Waals surface area (Å²) in [6, 6.07) is 4.03. The molecule has 1 amide bonds. The summed E-state index contributed by atoms with van der Waals surface area (Å²) in [5.41, 5.74) is -3.22. The van der Waals surface area contributed by atoms with E-state index in [1.165, 1.54) is 54.0 Å². The number of phenols is 2. The summed E-state index contributed by atoms with van der Waals surface area (Å²) in [5, 5.41) is 49.5. The van der Waals surface area contributed by atoms with Gasteiger partial charge < -0.3 is 49.4 Å². The molecule has 4 aliphatic rings. The number of aromatic hydroxyl groups is 2. The summed E-state index contributed by atoms with van der Waals surface area (Å²) in [6.45, 7) is 3.24. The van der Waals surface area contributed by atoms with E-state index >= 15 is 0 Å². The van der Waals surface area contributed by atoms with Gasteiger partial charge in [0.2, 0.25) is 5.78 Å². The quantitative estimate of drug-likeness (QED) is 0.115. The number of benzene rings is 2. The zero-order valence-electron chi connectivity index (χ0n) is 28.2. The van der Waals surface area contributed by atoms with Gasteiger partial charge in [-0.25, -0.2) is 0 Å². The molecule has 0 bridgehead atoms. The first-order valence-electron chi connectivity index (χ1n) is 16.3. The van der Waals surface area contributed by atoms with Gasteiger partial charge in [-0.05, 0) is 19.2 Å². The minimum Gasteiger partial charge on any atom is -0.507 e. The van der Waals surface area contributed by atoms with Crippen molar-refractivity contribution in [3.8, 4) is 17.2 Å². The van der Waals surface area contributed by atoms with Crippen LogP contribution in [-0.4, -0.2) is 132 Å². The van der Waals surface area contributed by atoms with Crippen LogP contribution in [0.25, 0.3) is 0 Å². The molecule has 50 heavy (non-hydrogen) atoms. The lowest BCUT2D eigenvalue weighted by Crippen LogP contribution is -2.59. The number of amides is 1. The van der Waals surface area contributed by atoms with E-state index < -0.39 is 89.1 Å². The van der Waals surface area contributed by atoms with Crippen molar-refractivity contribution in [2.45, 2.75) is 68.7 Å². The third-order valence-electron chi connectivity index (χ3n) is 9.88. The number of carbonyl (C=O) groups is 3. The largest absolute Gasteiger partial charge is 0.507 e. The van der Waals surface area contributed by atoms with Crippen molar-refractivity contribution in [1.82, 2.24) is 10.2 Å². The smallest absolute Gasteiger partial charge is 0.252 e. The van der Waals surface area contributed by atoms with E-state index in [1.807, 2.05) is 11.2 Å². The second-order valence-corrected chi connectivity index (χ2v) is 15.4. The Bertz CT molecular complexity index is 1660. The molecular weight excluding hydrogens is 693 g/mol. The number of rotatable bonds is 10. The molecule has 2 saturated heterocycles. The fourth-order valence-corrected chi connectivity index (χ4v) is 8.51. The first kappa shape index (κ1) is 36.8. The molecule has 0 radical (unpaired) electrons. The lowest BCUT2D eigenvalue weighted by Gasteiger charge is -2.47. The number of nitrogens with one attached hydrogen (secondary N) is 1. The number of aliphatic hydroxyl groups excluding tert-OH is 1. The van der Waals surface area contributed by atoms with Gasteiger partial charge in [-0.3, -0.25) is 19.3 Å². The number of fused-ring (bicyclic) bond motifs is 3. The fourth-order valence-electron chi connectivity index (χ4n) is 7.40. The van der Waals surface area contributed by atoms with Gasteiger partial charge >= 0.3 is 0 Å². The minimum absolute atomic E-state index is 0.0209. The van der Waals surface area contributed by atoms with Crippen LogP contribution in [0.5, 0.6) is 17.2 Å². The first-order chi connectivity index (χ1) is 23.9. The number of carbonyl (C=O) groups excluding carboxylic acids is 3. The number of ketones is 2. The Morgan fingerprint density at radius 1 is 1.12 bits per heavy atom. The molecule has 6 rings (SSSR count). The third-order valence-corrected chi connectivity index (χ3v) is 11.7. The zero-order valence-corrected chi connectivity index (χ0v) is 29.8. The molecule has 2 fully saturated rings. The Hall–Kier alpha value is -2.93. The van der Waals surface area contributed by atoms with Gasteiger partial charge in [0.15, 0.2) is 18.4 Å². The van der Waals surface area contributed by atoms with E-state index in [4.69, 9.17) is 23.7 Å². The van der Waals surface area contributed by atoms with E-state index in [-0.39, 0.29) is 47.4 Å². The molecule has 5 N–H and O–H groups in total. The van der Waals surface area contributed by atoms with E-state index in [9.17, 15) is 34.8 Å². The molecule has 2 aliphatic carbocycles. The van der Waals surface area contributed by atoms with Crippen LogP contribution in [0.2, 0.25) is 0 Å². The summed E-state index contributed by atoms with van der Waals surface area (Å²) >= 11 is 0. The Morgan fingerprint density at radius 2 is 1.88 bits per heavy atom. The highest BCUT2D eigenvalue weighted by Gasteiger charge is 2.51. The summed E-state index contributed by atoms with van der Waals surface area (Å²) in [5.74, 6) is -2.74. The van der Waals surface area contributed by atoms with Crippen molar-refractivity contribution in [2.24, 2.45) is 0 Å². The van der Waals surface area contributed by atoms with Crippen molar-refractivity contribution in [2.75, 3.05) is 52.5 Å². The summed E-state index contributed by atoms with van der Waals surface area (Å²) in [7, 11) is 5.95. The van der Waals surface area contributed by atoms with Gasteiger partial charge in [0.25, 0.3) is 5.91 Å². The molecule has 0 spiro atoms. The molecule has 272 valence electrons. The summed E-state index contributed by atoms with van der Waals surface area (Å²) in [4.78, 5) is 43.5. The normalized spacial score (nSPS) is 29.6. The van der Waals surface area contributed by atoms with E-state index in [0.717, 1.165) is 0 Å². The van der Waals surface area contributed by atoms with Crippen LogP contribution in [0.3, 0.4) is 0 Å². The highest BCUT2D eigenvalue weighted by Crippen LogP contribution is 2.52. The molecule has 0 saturated carbocycles. The Balaban J connectivity index is 1.41. The Kier molecular flexibility index (Phi) is 11.0. The third kappa shape index (κ3) is 6.61. The van der Waals surface area contributed by atoms with Crippen LogP contribution >= 0.6 is 21.6 Å². The standard InChI is InChI=1S/C34H42N2O12S2/c1-16-28(37)19(36-9-10-46-23(15-36)45-3)12-22(47-16)48-21-14-34(43,33(42)35-8-11-50-49-4)13-18-25(21)32(41)27-26(30(18)39)29(38)17-6-5-7-20(44-2)24(17)31(27)40/h5-7,16,19,21-23,28,37,39,41,43H,8-15H2,1-4H3,(H,35,42)/t16-,19-,21-,22-,23-,28+,34-/m0/s1. The number of hydrogen-bond acceptors (Lipinski definition) is 15. The molecule has 14 nitrogen and oxygen atoms in total. The van der Waals surface area contributed by atoms with Gasteiger partial charge in [0, 0.05) is 74.5 Å². The molecule has 16 heteroatoms. The molecule has 2 heterocycles. The fraction of sp³-hybridized carbons (Fsp3) is 0.559. The van der Waals surface area contributed by atoms with Crippen molar-refractivity contribution >= 4 is 39.1 Å². The van der Waals surface area contributed by atoms with Crippen LogP contribution in [0.4, 0.5) is 0 Å². The molecule has 7 atom stereocenters. The van der Waals surface area contributed by atoms with Gasteiger partial charge in [0.1, 0.15) is 22.8 Å². The summed E-state index contributed by atoms with van der Waals surface area (Å²) < 4.78 is 28.9. The van der Waals surface area contributed by atoms with Crippen LogP contribution in [0, 0.1) is 0 Å². The Labute approximate surface area is 297 Å². The van der Waals surface area contributed by atoms with Crippen LogP contribution < -0.4 is 10.1 Å². The van der Waals surface area contributed by atoms with Gasteiger partial charge in [0.05, 0.1) is 48.7 Å². The van der Waals surface area contributed by atoms with Crippen molar-refractivity contribution < 1.29 is 58.5 Å². The van der Waals surface area contributed by atoms with Gasteiger partial charge in [-0.2, -0.15) is 0 Å². The number of methoxy groups -OCH3 is 2. The van der Waals surface area contributed by atoms with Crippen molar-refractivity contribution in [3.63, 3.8) is 0 Å². The van der Waals surface area contributed by atoms with Crippen molar-refractivity contribution in [1.29, 1.82) is 0 Å². The highest BCUT2D eigenvalue weighted by molar-refractivity contribution is 8.76. The lowest BCUT2D eigenvalue weighted by molar-refractivity contribution is -0.266. The molecule has 2 aromatic carbocycles. The van der Waals surface area contributed by atoms with Gasteiger partial charge in [-0.15, -0.1) is 0 Å². The van der Waals surface area contributed by atoms with E-state index in [0.29, 0.717) is 25.4 Å². The number of phenolic OH excluding ortho intramolecular Hbond substituents is 2. The average Bonchev–Trinajstić information content (AvgIpc) is 3.11. The molecular formula is C34H42N2O12S2. The predicted molar refractivity (Wildman–Crippen MR) is 183 cm³/mol. The van der Waals surface area contributed by atoms with Crippen LogP contribution in [0.1, 0.15) is 68.8 Å². The number of nitrogens with zero attached hydrogens (tertiary/aromatic N) is 1. The van der Waals surface area contributed by atoms with E-state index in [2.05, 4.69) is 5.32 Å². The Morgan fingerprint density at radius 3 is 2.60 bits per heavy atom. The van der Waals surface area contributed by atoms with Gasteiger partial charge in [-0.1, -0.05) is 33.7 Å². The SMILES string of the molecule is COc1cccc2c1C(=O)c1c(O)c3c(c(O)c1C2=O)C[C@@](O)(C(=O)NCCSSC)C[C@@H]3O[C@H]1C[C@H](N2CCO[C@H](OC)C2)[C@H](O)[C@H](C)O1. The average molecular weight is 735 g/mol. The van der Waals surface area contributed by atoms with E-state index in [1.54, 1.807) is 6.92 Å². The maximum atomic E-state index is 14.0. The molecule has 0 unspecified atom stereocenters. The topological polar surface area (TPSA) is 194 Å². The maximum absolute atomic E-state index is 14.0. The number of aliphatic hydroxyl groups is 2. The second kappa shape index (κ2) is 15.0. The minimum atomic E-state index is -2.14. The molecule has 0 aromatic heterocycles. The van der Waals surface area contributed by atoms with Crippen LogP contribution in [0.15, 0.2) is 18.2 Å². The maximum Gasteiger partial charge on any atom is 0.252 e. The molecule has 2 aliphatic heterocycles. The first-order valence-corrected chi connectivity index (χ1v) is 19.1. The van der Waals surface area contributed by atoms with Crippen LogP contribution in [-0.2, 0) is 30.2 Å². The second-order valence-electron chi connectivity index (χ2n) is 12.8. The number of hydrogen-bond donors (Lipinski definition) is 5. The van der Waals surface area contributed by atoms with Crippen molar-refractivity contribution in [3.05, 3.63) is 51.6 Å². The predicted octanol–water partition coefficient (Wildman–Crippen LogP) is 1.91. The monoisotopic (exact) mass is 734 g/mol. The number of ether oxygens (including phenoxy) is 5. The summed E-state index contributed by atoms with van der Waals surface area (Å²) in [6.07, 6.45) is -3.18. The number of morpholine rings is 1. The molecule has 2 aromatic rings. The lowest BCUT2D eigenvalue weighted by atomic mass is 9.72. The highest BCUT2D eigenvalue weighted by atomic mass is 33.1.